The van der Waals surface area contributed by atoms with E-state index >= 15 is 0 Å². The Labute approximate surface area is 189 Å². The number of hydrogen-bond donors (Lipinski definition) is 2. The zero-order chi connectivity index (χ0) is 22.0. The van der Waals surface area contributed by atoms with Crippen molar-refractivity contribution in [1.82, 2.24) is 14.9 Å². The number of carbonyl (C=O) groups excluding carboxylic acids is 1. The van der Waals surface area contributed by atoms with Crippen LogP contribution in [0.1, 0.15) is 22.6 Å². The Morgan fingerprint density at radius 1 is 1.26 bits per heavy atom. The molecule has 2 aromatic carbocycles. The number of ether oxygens (including phenoxy) is 1. The van der Waals surface area contributed by atoms with E-state index in [1.165, 1.54) is 0 Å². The van der Waals surface area contributed by atoms with E-state index in [2.05, 4.69) is 15.3 Å². The highest BCUT2D eigenvalue weighted by Gasteiger charge is 2.25. The number of aromatic nitrogens is 2. The summed E-state index contributed by atoms with van der Waals surface area (Å²) < 4.78 is 5.25. The van der Waals surface area contributed by atoms with Gasteiger partial charge in [-0.05, 0) is 29.8 Å². The van der Waals surface area contributed by atoms with E-state index in [4.69, 9.17) is 27.9 Å². The number of nitrogens with one attached hydrogen (secondary N) is 2. The first kappa shape index (κ1) is 21.2. The maximum Gasteiger partial charge on any atom is 0.322 e. The number of carbonyl (C=O) groups is 1. The van der Waals surface area contributed by atoms with Crippen LogP contribution < -0.4 is 15.6 Å². The summed E-state index contributed by atoms with van der Waals surface area (Å²) in [6.45, 7) is 0.604. The summed E-state index contributed by atoms with van der Waals surface area (Å²) in [4.78, 5) is 34.4. The van der Waals surface area contributed by atoms with Crippen LogP contribution >= 0.6 is 23.2 Å². The number of fused-ring (bicyclic) bond motifs is 1. The van der Waals surface area contributed by atoms with Crippen molar-refractivity contribution in [3.63, 3.8) is 0 Å². The molecule has 3 aromatic rings. The van der Waals surface area contributed by atoms with E-state index in [1.807, 2.05) is 24.3 Å². The van der Waals surface area contributed by atoms with E-state index in [1.54, 1.807) is 30.2 Å². The Morgan fingerprint density at radius 3 is 2.87 bits per heavy atom. The summed E-state index contributed by atoms with van der Waals surface area (Å²) in [6.07, 6.45) is 0.970. The van der Waals surface area contributed by atoms with Crippen molar-refractivity contribution in [2.45, 2.75) is 19.4 Å². The molecule has 31 heavy (non-hydrogen) atoms. The zero-order valence-electron chi connectivity index (χ0n) is 16.7. The average Bonchev–Trinajstić information content (AvgIpc) is 2.77. The van der Waals surface area contributed by atoms with Gasteiger partial charge >= 0.3 is 6.03 Å². The molecule has 2 amide bonds. The number of methoxy groups -OCH3 is 1. The molecule has 1 aromatic heterocycles. The minimum absolute atomic E-state index is 0.168. The first-order valence-electron chi connectivity index (χ1n) is 9.68. The summed E-state index contributed by atoms with van der Waals surface area (Å²) in [6, 6.07) is 12.3. The van der Waals surface area contributed by atoms with Crippen molar-refractivity contribution in [2.24, 2.45) is 0 Å². The molecule has 0 fully saturated rings. The van der Waals surface area contributed by atoms with Gasteiger partial charge in [0.05, 0.1) is 40.6 Å². The quantitative estimate of drug-likeness (QED) is 0.610. The van der Waals surface area contributed by atoms with Crippen molar-refractivity contribution < 1.29 is 9.53 Å². The minimum Gasteiger partial charge on any atom is -0.497 e. The molecule has 0 bridgehead atoms. The molecule has 0 aliphatic carbocycles. The molecule has 7 nitrogen and oxygen atoms in total. The van der Waals surface area contributed by atoms with E-state index in [0.29, 0.717) is 47.2 Å². The van der Waals surface area contributed by atoms with Crippen LogP contribution in [-0.4, -0.2) is 34.6 Å². The lowest BCUT2D eigenvalue weighted by Crippen LogP contribution is -2.42. The molecule has 0 saturated heterocycles. The topological polar surface area (TPSA) is 87.3 Å². The van der Waals surface area contributed by atoms with Crippen molar-refractivity contribution >= 4 is 34.9 Å². The molecule has 0 radical (unpaired) electrons. The molecule has 0 atom stereocenters. The SMILES string of the molecule is COc1cccc(Cc2nc3c(c(=O)[nH]2)CN(C(=O)Nc2cccc(Cl)c2Cl)CC3)c1. The third kappa shape index (κ3) is 4.68. The third-order valence-electron chi connectivity index (χ3n) is 5.10. The fourth-order valence-electron chi connectivity index (χ4n) is 3.50. The number of nitrogens with zero attached hydrogens (tertiary/aromatic N) is 2. The van der Waals surface area contributed by atoms with Gasteiger partial charge in [0.1, 0.15) is 11.6 Å². The Balaban J connectivity index is 1.50. The van der Waals surface area contributed by atoms with Crippen molar-refractivity contribution in [1.29, 1.82) is 0 Å². The summed E-state index contributed by atoms with van der Waals surface area (Å²) >= 11 is 12.2. The van der Waals surface area contributed by atoms with E-state index in [-0.39, 0.29) is 23.2 Å². The van der Waals surface area contributed by atoms with Crippen LogP contribution in [0.5, 0.6) is 5.75 Å². The minimum atomic E-state index is -0.352. The summed E-state index contributed by atoms with van der Waals surface area (Å²) in [7, 11) is 1.61. The molecular formula is C22H20Cl2N4O3. The monoisotopic (exact) mass is 458 g/mol. The number of aromatic amines is 1. The van der Waals surface area contributed by atoms with Gasteiger partial charge in [-0.2, -0.15) is 0 Å². The molecular weight excluding hydrogens is 439 g/mol. The van der Waals surface area contributed by atoms with Gasteiger partial charge in [-0.3, -0.25) is 4.79 Å². The van der Waals surface area contributed by atoms with Crippen LogP contribution in [0.25, 0.3) is 0 Å². The molecule has 1 aliphatic heterocycles. The van der Waals surface area contributed by atoms with Gasteiger partial charge in [-0.1, -0.05) is 41.4 Å². The molecule has 0 saturated carbocycles. The normalized spacial score (nSPS) is 12.9. The van der Waals surface area contributed by atoms with Gasteiger partial charge in [-0.25, -0.2) is 9.78 Å². The molecule has 0 unspecified atom stereocenters. The number of amides is 2. The Hall–Kier alpha value is -3.03. The molecule has 2 heterocycles. The maximum absolute atomic E-state index is 12.7. The largest absolute Gasteiger partial charge is 0.497 e. The van der Waals surface area contributed by atoms with E-state index in [0.717, 1.165) is 11.3 Å². The van der Waals surface area contributed by atoms with E-state index < -0.39 is 0 Å². The molecule has 0 spiro atoms. The lowest BCUT2D eigenvalue weighted by molar-refractivity contribution is 0.205. The summed E-state index contributed by atoms with van der Waals surface area (Å²) in [5, 5.41) is 3.38. The van der Waals surface area contributed by atoms with Crippen LogP contribution in [-0.2, 0) is 19.4 Å². The van der Waals surface area contributed by atoms with Crippen LogP contribution in [0.2, 0.25) is 10.0 Å². The van der Waals surface area contributed by atoms with Gasteiger partial charge in [0.15, 0.2) is 0 Å². The summed E-state index contributed by atoms with van der Waals surface area (Å²) in [5.41, 5.74) is 2.38. The number of benzene rings is 2. The molecule has 1 aliphatic rings. The third-order valence-corrected chi connectivity index (χ3v) is 5.92. The molecule has 9 heteroatoms. The lowest BCUT2D eigenvalue weighted by Gasteiger charge is -2.28. The number of anilines is 1. The van der Waals surface area contributed by atoms with Crippen LogP contribution in [0, 0.1) is 0 Å². The zero-order valence-corrected chi connectivity index (χ0v) is 18.3. The number of H-pyrrole nitrogens is 1. The first-order chi connectivity index (χ1) is 14.9. The molecule has 4 rings (SSSR count). The second-order valence-electron chi connectivity index (χ2n) is 7.17. The van der Waals surface area contributed by atoms with Crippen LogP contribution in [0.15, 0.2) is 47.3 Å². The highest BCUT2D eigenvalue weighted by Crippen LogP contribution is 2.30. The van der Waals surface area contributed by atoms with Gasteiger partial charge in [0, 0.05) is 19.4 Å². The smallest absolute Gasteiger partial charge is 0.322 e. The van der Waals surface area contributed by atoms with E-state index in [9.17, 15) is 9.59 Å². The van der Waals surface area contributed by atoms with Crippen molar-refractivity contribution in [3.05, 3.63) is 85.5 Å². The summed E-state index contributed by atoms with van der Waals surface area (Å²) in [5.74, 6) is 1.33. The average molecular weight is 459 g/mol. The lowest BCUT2D eigenvalue weighted by atomic mass is 10.1. The van der Waals surface area contributed by atoms with Crippen molar-refractivity contribution in [3.8, 4) is 5.75 Å². The first-order valence-corrected chi connectivity index (χ1v) is 10.4. The number of halogens is 2. The highest BCUT2D eigenvalue weighted by atomic mass is 35.5. The standard InChI is InChI=1S/C22H20Cl2N4O3/c1-31-14-5-2-4-13(10-14)11-19-25-17-8-9-28(12-15(17)21(29)27-19)22(30)26-18-7-3-6-16(23)20(18)24/h2-7,10H,8-9,11-12H2,1H3,(H,26,30)(H,25,27,29). The molecule has 160 valence electrons. The van der Waals surface area contributed by atoms with Crippen molar-refractivity contribution in [2.75, 3.05) is 19.0 Å². The fraction of sp³-hybridized carbons (Fsp3) is 0.227. The Morgan fingerprint density at radius 2 is 2.06 bits per heavy atom. The number of rotatable bonds is 4. The molecule has 2 N–H and O–H groups in total. The van der Waals surface area contributed by atoms with Crippen LogP contribution in [0.4, 0.5) is 10.5 Å². The number of hydrogen-bond acceptors (Lipinski definition) is 4. The van der Waals surface area contributed by atoms with Crippen LogP contribution in [0.3, 0.4) is 0 Å². The maximum atomic E-state index is 12.7. The van der Waals surface area contributed by atoms with Gasteiger partial charge < -0.3 is 19.9 Å². The fourth-order valence-corrected chi connectivity index (χ4v) is 3.85. The second-order valence-corrected chi connectivity index (χ2v) is 7.95. The highest BCUT2D eigenvalue weighted by molar-refractivity contribution is 6.43. The Bertz CT molecular complexity index is 1200. The van der Waals surface area contributed by atoms with Gasteiger partial charge in [-0.15, -0.1) is 0 Å². The Kier molecular flexibility index (Phi) is 6.15. The van der Waals surface area contributed by atoms with Gasteiger partial charge in [0.2, 0.25) is 0 Å². The second kappa shape index (κ2) is 8.99. The number of urea groups is 1. The van der Waals surface area contributed by atoms with Gasteiger partial charge in [0.25, 0.3) is 5.56 Å². The predicted molar refractivity (Wildman–Crippen MR) is 120 cm³/mol. The predicted octanol–water partition coefficient (Wildman–Crippen LogP) is 4.27.